The molecule has 2 aromatic carbocycles. The smallest absolute Gasteiger partial charge is 0.0561 e. The monoisotopic (exact) mass is 276 g/mol. The van der Waals surface area contributed by atoms with Crippen molar-refractivity contribution in [3.8, 4) is 0 Å². The van der Waals surface area contributed by atoms with Crippen LogP contribution in [0.4, 0.5) is 5.69 Å². The maximum Gasteiger partial charge on any atom is 0.0561 e. The lowest BCUT2D eigenvalue weighted by Crippen LogP contribution is -2.25. The summed E-state index contributed by atoms with van der Waals surface area (Å²) >= 11 is 0. The quantitative estimate of drug-likeness (QED) is 0.797. The van der Waals surface area contributed by atoms with Crippen LogP contribution in [0.25, 0.3) is 0 Å². The standard InChI is InChI=1S/C19H20N2/c1-2-8-15(9-3-1)20-21-19-12-6-11-17-16-10-5-4-7-14(16)13-18(17)19/h1-5,7-10,17-18,20H,6,11-13H2/b21-19+. The molecule has 2 heteroatoms. The van der Waals surface area contributed by atoms with Gasteiger partial charge < -0.3 is 0 Å². The molecule has 21 heavy (non-hydrogen) atoms. The van der Waals surface area contributed by atoms with Crippen LogP contribution in [0.1, 0.15) is 36.3 Å². The van der Waals surface area contributed by atoms with Crippen molar-refractivity contribution < 1.29 is 0 Å². The van der Waals surface area contributed by atoms with Crippen molar-refractivity contribution in [2.45, 2.75) is 31.6 Å². The molecule has 2 aliphatic carbocycles. The van der Waals surface area contributed by atoms with Gasteiger partial charge in [-0.2, -0.15) is 5.10 Å². The molecule has 0 spiro atoms. The van der Waals surface area contributed by atoms with E-state index in [4.69, 9.17) is 5.10 Å². The van der Waals surface area contributed by atoms with Gasteiger partial charge >= 0.3 is 0 Å². The highest BCUT2D eigenvalue weighted by atomic mass is 15.3. The van der Waals surface area contributed by atoms with Crippen molar-refractivity contribution in [2.75, 3.05) is 5.43 Å². The van der Waals surface area contributed by atoms with Crippen molar-refractivity contribution in [1.82, 2.24) is 0 Å². The fourth-order valence-electron chi connectivity index (χ4n) is 3.86. The molecule has 2 atom stereocenters. The van der Waals surface area contributed by atoms with Crippen LogP contribution >= 0.6 is 0 Å². The number of para-hydroxylation sites is 1. The summed E-state index contributed by atoms with van der Waals surface area (Å²) in [5.74, 6) is 1.29. The van der Waals surface area contributed by atoms with Gasteiger partial charge in [-0.05, 0) is 54.9 Å². The van der Waals surface area contributed by atoms with E-state index < -0.39 is 0 Å². The summed E-state index contributed by atoms with van der Waals surface area (Å²) in [7, 11) is 0. The number of nitrogens with zero attached hydrogens (tertiary/aromatic N) is 1. The van der Waals surface area contributed by atoms with E-state index in [1.807, 2.05) is 18.2 Å². The fraction of sp³-hybridized carbons (Fsp3) is 0.316. The second kappa shape index (κ2) is 5.36. The van der Waals surface area contributed by atoms with Crippen LogP contribution in [0.5, 0.6) is 0 Å². The maximum absolute atomic E-state index is 4.75. The molecule has 2 aliphatic rings. The number of benzene rings is 2. The SMILES string of the molecule is c1ccc(N/N=C2\CCCC3c4ccccc4CC23)cc1. The molecule has 0 saturated heterocycles. The van der Waals surface area contributed by atoms with Gasteiger partial charge in [-0.15, -0.1) is 0 Å². The van der Waals surface area contributed by atoms with Gasteiger partial charge in [0.25, 0.3) is 0 Å². The lowest BCUT2D eigenvalue weighted by molar-refractivity contribution is 0.482. The summed E-state index contributed by atoms with van der Waals surface area (Å²) in [4.78, 5) is 0. The zero-order valence-corrected chi connectivity index (χ0v) is 12.1. The number of hydrogen-bond acceptors (Lipinski definition) is 2. The molecule has 0 aliphatic heterocycles. The van der Waals surface area contributed by atoms with Gasteiger partial charge in [0.15, 0.2) is 0 Å². The molecule has 1 N–H and O–H groups in total. The van der Waals surface area contributed by atoms with Crippen molar-refractivity contribution in [3.05, 3.63) is 65.7 Å². The second-order valence-corrected chi connectivity index (χ2v) is 6.09. The maximum atomic E-state index is 4.75. The molecule has 2 nitrogen and oxygen atoms in total. The van der Waals surface area contributed by atoms with Crippen LogP contribution < -0.4 is 5.43 Å². The van der Waals surface area contributed by atoms with Gasteiger partial charge in [0, 0.05) is 11.6 Å². The van der Waals surface area contributed by atoms with E-state index >= 15 is 0 Å². The minimum Gasteiger partial charge on any atom is -0.279 e. The van der Waals surface area contributed by atoms with Gasteiger partial charge in [-0.3, -0.25) is 5.43 Å². The predicted molar refractivity (Wildman–Crippen MR) is 87.7 cm³/mol. The van der Waals surface area contributed by atoms with Gasteiger partial charge in [-0.25, -0.2) is 0 Å². The molecular formula is C19H20N2. The van der Waals surface area contributed by atoms with E-state index in [0.29, 0.717) is 11.8 Å². The number of rotatable bonds is 2. The van der Waals surface area contributed by atoms with E-state index in [1.54, 1.807) is 5.56 Å². The predicted octanol–water partition coefficient (Wildman–Crippen LogP) is 4.59. The lowest BCUT2D eigenvalue weighted by atomic mass is 9.78. The van der Waals surface area contributed by atoms with Gasteiger partial charge in [-0.1, -0.05) is 42.5 Å². The van der Waals surface area contributed by atoms with E-state index in [-0.39, 0.29) is 0 Å². The van der Waals surface area contributed by atoms with Crippen LogP contribution in [0, 0.1) is 5.92 Å². The average molecular weight is 276 g/mol. The normalized spacial score (nSPS) is 25.4. The Balaban J connectivity index is 1.58. The summed E-state index contributed by atoms with van der Waals surface area (Å²) in [6, 6.07) is 19.2. The molecule has 106 valence electrons. The average Bonchev–Trinajstić information content (AvgIpc) is 2.93. The molecule has 0 radical (unpaired) electrons. The Bertz CT molecular complexity index is 660. The van der Waals surface area contributed by atoms with E-state index in [1.165, 1.54) is 24.1 Å². The Morgan fingerprint density at radius 3 is 2.62 bits per heavy atom. The Labute approximate surface area is 125 Å². The number of hydrazone groups is 1. The molecule has 0 amide bonds. The first-order valence-electron chi connectivity index (χ1n) is 7.87. The first-order chi connectivity index (χ1) is 10.4. The molecular weight excluding hydrogens is 256 g/mol. The molecule has 0 bridgehead atoms. The Morgan fingerprint density at radius 1 is 0.905 bits per heavy atom. The third kappa shape index (κ3) is 2.35. The number of nitrogens with one attached hydrogen (secondary N) is 1. The van der Waals surface area contributed by atoms with Crippen LogP contribution in [0.2, 0.25) is 0 Å². The summed E-state index contributed by atoms with van der Waals surface area (Å²) in [5, 5.41) is 4.75. The van der Waals surface area contributed by atoms with E-state index in [0.717, 1.165) is 18.5 Å². The topological polar surface area (TPSA) is 24.4 Å². The highest BCUT2D eigenvalue weighted by Gasteiger charge is 2.37. The van der Waals surface area contributed by atoms with Crippen LogP contribution in [-0.2, 0) is 6.42 Å². The van der Waals surface area contributed by atoms with Gasteiger partial charge in [0.1, 0.15) is 0 Å². The second-order valence-electron chi connectivity index (χ2n) is 6.09. The molecule has 2 aromatic rings. The summed E-state index contributed by atoms with van der Waals surface area (Å²) in [5.41, 5.74) is 8.76. The van der Waals surface area contributed by atoms with Crippen LogP contribution in [-0.4, -0.2) is 5.71 Å². The fourth-order valence-corrected chi connectivity index (χ4v) is 3.86. The summed E-state index contributed by atoms with van der Waals surface area (Å²) in [6.07, 6.45) is 4.86. The Hall–Kier alpha value is -2.09. The van der Waals surface area contributed by atoms with Crippen molar-refractivity contribution >= 4 is 11.4 Å². The third-order valence-corrected chi connectivity index (χ3v) is 4.86. The van der Waals surface area contributed by atoms with Crippen molar-refractivity contribution in [1.29, 1.82) is 0 Å². The summed E-state index contributed by atoms with van der Waals surface area (Å²) in [6.45, 7) is 0. The largest absolute Gasteiger partial charge is 0.279 e. The number of hydrogen-bond donors (Lipinski definition) is 1. The lowest BCUT2D eigenvalue weighted by Gasteiger charge is -2.27. The van der Waals surface area contributed by atoms with Crippen molar-refractivity contribution in [3.63, 3.8) is 0 Å². The summed E-state index contributed by atoms with van der Waals surface area (Å²) < 4.78 is 0. The van der Waals surface area contributed by atoms with E-state index in [2.05, 4.69) is 41.8 Å². The molecule has 1 fully saturated rings. The Morgan fingerprint density at radius 2 is 1.71 bits per heavy atom. The first-order valence-corrected chi connectivity index (χ1v) is 7.87. The molecule has 2 unspecified atom stereocenters. The third-order valence-electron chi connectivity index (χ3n) is 4.86. The highest BCUT2D eigenvalue weighted by Crippen LogP contribution is 2.45. The van der Waals surface area contributed by atoms with Crippen LogP contribution in [0.3, 0.4) is 0 Å². The molecule has 0 heterocycles. The van der Waals surface area contributed by atoms with Crippen molar-refractivity contribution in [2.24, 2.45) is 11.0 Å². The number of anilines is 1. The highest BCUT2D eigenvalue weighted by molar-refractivity contribution is 5.90. The van der Waals surface area contributed by atoms with Gasteiger partial charge in [0.05, 0.1) is 5.69 Å². The molecule has 1 saturated carbocycles. The van der Waals surface area contributed by atoms with Crippen LogP contribution in [0.15, 0.2) is 59.7 Å². The molecule has 0 aromatic heterocycles. The molecule has 4 rings (SSSR count). The Kier molecular flexibility index (Phi) is 3.23. The van der Waals surface area contributed by atoms with Gasteiger partial charge in [0.2, 0.25) is 0 Å². The minimum atomic E-state index is 0.604. The van der Waals surface area contributed by atoms with E-state index in [9.17, 15) is 0 Å². The zero-order valence-electron chi connectivity index (χ0n) is 12.1. The minimum absolute atomic E-state index is 0.604. The first kappa shape index (κ1) is 12.6. The number of fused-ring (bicyclic) bond motifs is 3. The zero-order chi connectivity index (χ0) is 14.1.